The number of rotatable bonds is 7. The smallest absolute Gasteiger partial charge is 0.0587 e. The largest absolute Gasteiger partial charge is 0.383 e. The summed E-state index contributed by atoms with van der Waals surface area (Å²) < 4.78 is 5.12. The van der Waals surface area contributed by atoms with Crippen LogP contribution in [0.25, 0.3) is 0 Å². The van der Waals surface area contributed by atoms with E-state index in [4.69, 9.17) is 27.9 Å². The second-order valence-electron chi connectivity index (χ2n) is 6.75. The average molecular weight is 328 g/mol. The number of nitrogens with one attached hydrogen (secondary N) is 1. The van der Waals surface area contributed by atoms with E-state index in [-0.39, 0.29) is 0 Å². The molecule has 116 valence electrons. The fraction of sp³-hybridized carbons (Fsp3) is 0.647. The normalized spacial score (nSPS) is 30.4. The van der Waals surface area contributed by atoms with Crippen molar-refractivity contribution in [2.75, 3.05) is 26.8 Å². The Morgan fingerprint density at radius 1 is 1.29 bits per heavy atom. The van der Waals surface area contributed by atoms with Crippen molar-refractivity contribution in [1.82, 2.24) is 5.32 Å². The highest BCUT2D eigenvalue weighted by molar-refractivity contribution is 6.35. The first-order valence-electron chi connectivity index (χ1n) is 7.75. The van der Waals surface area contributed by atoms with E-state index in [2.05, 4.69) is 11.4 Å². The molecule has 1 N–H and O–H groups in total. The van der Waals surface area contributed by atoms with Gasteiger partial charge in [-0.2, -0.15) is 0 Å². The highest BCUT2D eigenvalue weighted by Gasteiger charge is 2.53. The Bertz CT molecular complexity index is 496. The first-order valence-corrected chi connectivity index (χ1v) is 8.51. The summed E-state index contributed by atoms with van der Waals surface area (Å²) in [6, 6.07) is 5.90. The lowest BCUT2D eigenvalue weighted by atomic mass is 9.77. The van der Waals surface area contributed by atoms with Crippen LogP contribution in [0.2, 0.25) is 10.0 Å². The maximum Gasteiger partial charge on any atom is 0.0587 e. The Morgan fingerprint density at radius 2 is 2.05 bits per heavy atom. The summed E-state index contributed by atoms with van der Waals surface area (Å²) in [4.78, 5) is 0. The SMILES string of the molecule is COCCNCC1(Cc2ccc(Cl)cc2Cl)CC2CC2C1. The Morgan fingerprint density at radius 3 is 2.71 bits per heavy atom. The lowest BCUT2D eigenvalue weighted by Crippen LogP contribution is -2.36. The molecule has 0 aromatic heterocycles. The van der Waals surface area contributed by atoms with Gasteiger partial charge in [0.25, 0.3) is 0 Å². The van der Waals surface area contributed by atoms with Crippen LogP contribution in [-0.2, 0) is 11.2 Å². The van der Waals surface area contributed by atoms with Crippen molar-refractivity contribution in [3.63, 3.8) is 0 Å². The molecule has 2 atom stereocenters. The van der Waals surface area contributed by atoms with Crippen molar-refractivity contribution in [2.45, 2.75) is 25.7 Å². The summed E-state index contributed by atoms with van der Waals surface area (Å²) in [5.74, 6) is 1.92. The van der Waals surface area contributed by atoms with Crippen LogP contribution in [0.5, 0.6) is 0 Å². The molecule has 1 aromatic carbocycles. The van der Waals surface area contributed by atoms with Crippen LogP contribution in [0.3, 0.4) is 0 Å². The maximum atomic E-state index is 6.38. The molecule has 0 spiro atoms. The molecule has 0 amide bonds. The van der Waals surface area contributed by atoms with Gasteiger partial charge in [0.15, 0.2) is 0 Å². The van der Waals surface area contributed by atoms with Crippen LogP contribution in [0.1, 0.15) is 24.8 Å². The van der Waals surface area contributed by atoms with E-state index in [9.17, 15) is 0 Å². The molecular weight excluding hydrogens is 305 g/mol. The Balaban J connectivity index is 1.67. The van der Waals surface area contributed by atoms with Crippen molar-refractivity contribution in [1.29, 1.82) is 0 Å². The van der Waals surface area contributed by atoms with Gasteiger partial charge >= 0.3 is 0 Å². The molecule has 2 fully saturated rings. The summed E-state index contributed by atoms with van der Waals surface area (Å²) in [5.41, 5.74) is 1.59. The third kappa shape index (κ3) is 3.73. The molecule has 2 nitrogen and oxygen atoms in total. The summed E-state index contributed by atoms with van der Waals surface area (Å²) in [7, 11) is 1.75. The van der Waals surface area contributed by atoms with E-state index < -0.39 is 0 Å². The van der Waals surface area contributed by atoms with E-state index in [1.54, 1.807) is 7.11 Å². The van der Waals surface area contributed by atoms with Gasteiger partial charge in [-0.3, -0.25) is 0 Å². The maximum absolute atomic E-state index is 6.38. The van der Waals surface area contributed by atoms with Gasteiger partial charge in [0, 0.05) is 30.2 Å². The zero-order valence-electron chi connectivity index (χ0n) is 12.5. The minimum atomic E-state index is 0.360. The fourth-order valence-electron chi connectivity index (χ4n) is 3.95. The zero-order valence-corrected chi connectivity index (χ0v) is 14.0. The van der Waals surface area contributed by atoms with E-state index in [0.29, 0.717) is 10.4 Å². The van der Waals surface area contributed by atoms with E-state index in [1.807, 2.05) is 12.1 Å². The Kier molecular flexibility index (Phi) is 4.80. The molecule has 2 saturated carbocycles. The van der Waals surface area contributed by atoms with E-state index >= 15 is 0 Å². The van der Waals surface area contributed by atoms with Gasteiger partial charge in [-0.1, -0.05) is 29.3 Å². The lowest BCUT2D eigenvalue weighted by Gasteiger charge is -2.32. The Hall–Kier alpha value is -0.280. The Labute approximate surface area is 137 Å². The van der Waals surface area contributed by atoms with Crippen LogP contribution >= 0.6 is 23.2 Å². The monoisotopic (exact) mass is 327 g/mol. The van der Waals surface area contributed by atoms with E-state index in [1.165, 1.54) is 24.8 Å². The number of hydrogen-bond acceptors (Lipinski definition) is 2. The third-order valence-corrected chi connectivity index (χ3v) is 5.61. The molecule has 0 heterocycles. The van der Waals surface area contributed by atoms with Crippen molar-refractivity contribution in [3.05, 3.63) is 33.8 Å². The van der Waals surface area contributed by atoms with Crippen molar-refractivity contribution in [3.8, 4) is 0 Å². The molecule has 4 heteroatoms. The van der Waals surface area contributed by atoms with Gasteiger partial charge in [0.05, 0.1) is 6.61 Å². The highest BCUT2D eigenvalue weighted by atomic mass is 35.5. The lowest BCUT2D eigenvalue weighted by molar-refractivity contribution is 0.186. The van der Waals surface area contributed by atoms with Crippen LogP contribution in [0, 0.1) is 17.3 Å². The second kappa shape index (κ2) is 6.45. The minimum absolute atomic E-state index is 0.360. The highest BCUT2D eigenvalue weighted by Crippen LogP contribution is 2.60. The van der Waals surface area contributed by atoms with Gasteiger partial charge < -0.3 is 10.1 Å². The van der Waals surface area contributed by atoms with Crippen LogP contribution in [-0.4, -0.2) is 26.8 Å². The van der Waals surface area contributed by atoms with Crippen LogP contribution < -0.4 is 5.32 Å². The summed E-state index contributed by atoms with van der Waals surface area (Å²) in [6.45, 7) is 2.74. The summed E-state index contributed by atoms with van der Waals surface area (Å²) in [6.07, 6.45) is 5.15. The molecule has 2 unspecified atom stereocenters. The molecule has 2 aliphatic rings. The predicted molar refractivity (Wildman–Crippen MR) is 88.2 cm³/mol. The number of methoxy groups -OCH3 is 1. The number of fused-ring (bicyclic) bond motifs is 1. The number of hydrogen-bond donors (Lipinski definition) is 1. The minimum Gasteiger partial charge on any atom is -0.383 e. The van der Waals surface area contributed by atoms with Crippen molar-refractivity contribution >= 4 is 23.2 Å². The molecule has 0 saturated heterocycles. The zero-order chi connectivity index (χ0) is 14.9. The van der Waals surface area contributed by atoms with Gasteiger partial charge in [0.1, 0.15) is 0 Å². The quantitative estimate of drug-likeness (QED) is 0.758. The van der Waals surface area contributed by atoms with Crippen molar-refractivity contribution in [2.24, 2.45) is 17.3 Å². The first-order chi connectivity index (χ1) is 10.1. The van der Waals surface area contributed by atoms with E-state index in [0.717, 1.165) is 43.0 Å². The molecule has 1 aromatic rings. The van der Waals surface area contributed by atoms with Crippen LogP contribution in [0.4, 0.5) is 0 Å². The molecular formula is C17H23Cl2NO. The third-order valence-electron chi connectivity index (χ3n) is 5.02. The van der Waals surface area contributed by atoms with Gasteiger partial charge in [-0.15, -0.1) is 0 Å². The molecule has 0 radical (unpaired) electrons. The fourth-order valence-corrected chi connectivity index (χ4v) is 4.43. The molecule has 21 heavy (non-hydrogen) atoms. The van der Waals surface area contributed by atoms with Gasteiger partial charge in [-0.05, 0) is 60.6 Å². The first kappa shape index (κ1) is 15.6. The predicted octanol–water partition coefficient (Wildman–Crippen LogP) is 4.19. The van der Waals surface area contributed by atoms with Crippen LogP contribution in [0.15, 0.2) is 18.2 Å². The summed E-state index contributed by atoms with van der Waals surface area (Å²) in [5, 5.41) is 5.09. The molecule has 0 bridgehead atoms. The summed E-state index contributed by atoms with van der Waals surface area (Å²) >= 11 is 12.4. The van der Waals surface area contributed by atoms with Gasteiger partial charge in [0.2, 0.25) is 0 Å². The molecule has 2 aliphatic carbocycles. The second-order valence-corrected chi connectivity index (χ2v) is 7.59. The molecule has 3 rings (SSSR count). The standard InChI is InChI=1S/C17H23Cl2NO/c1-21-5-4-20-11-17(9-13-6-14(13)10-17)8-12-2-3-15(18)7-16(12)19/h2-3,7,13-14,20H,4-6,8-11H2,1H3. The average Bonchev–Trinajstić information content (AvgIpc) is 3.07. The number of halogens is 2. The topological polar surface area (TPSA) is 21.3 Å². The van der Waals surface area contributed by atoms with Gasteiger partial charge in [-0.25, -0.2) is 0 Å². The van der Waals surface area contributed by atoms with Crippen molar-refractivity contribution < 1.29 is 4.74 Å². The number of benzene rings is 1. The molecule has 0 aliphatic heterocycles. The number of ether oxygens (including phenoxy) is 1.